The lowest BCUT2D eigenvalue weighted by Gasteiger charge is -2.12. The highest BCUT2D eigenvalue weighted by molar-refractivity contribution is 6.32. The Balaban J connectivity index is 3.26. The van der Waals surface area contributed by atoms with E-state index in [4.69, 9.17) is 21.6 Å². The number of nitrogens with zero attached hydrogens (tertiary/aromatic N) is 1. The van der Waals surface area contributed by atoms with Gasteiger partial charge in [-0.3, -0.25) is 0 Å². The predicted molar refractivity (Wildman–Crippen MR) is 61.4 cm³/mol. The Morgan fingerprint density at radius 3 is 2.60 bits per heavy atom. The molecule has 0 aromatic heterocycles. The summed E-state index contributed by atoms with van der Waals surface area (Å²) in [7, 11) is 1.57. The summed E-state index contributed by atoms with van der Waals surface area (Å²) in [5, 5.41) is 9.29. The maximum absolute atomic E-state index is 8.71. The van der Waals surface area contributed by atoms with Crippen molar-refractivity contribution in [3.8, 4) is 11.8 Å². The minimum absolute atomic E-state index is 0.323. The monoisotopic (exact) mass is 223 g/mol. The molecule has 0 amide bonds. The number of hydrogen-bond donors (Lipinski definition) is 0. The average molecular weight is 224 g/mol. The fourth-order valence-corrected chi connectivity index (χ4v) is 1.78. The smallest absolute Gasteiger partial charge is 0.141 e. The highest BCUT2D eigenvalue weighted by Crippen LogP contribution is 2.32. The average Bonchev–Trinajstić information content (AvgIpc) is 2.17. The summed E-state index contributed by atoms with van der Waals surface area (Å²) in [5.74, 6) is 1.01. The molecule has 2 nitrogen and oxygen atoms in total. The van der Waals surface area contributed by atoms with E-state index in [2.05, 4.69) is 19.9 Å². The van der Waals surface area contributed by atoms with Crippen molar-refractivity contribution >= 4 is 11.6 Å². The third kappa shape index (κ3) is 2.64. The van der Waals surface area contributed by atoms with Gasteiger partial charge >= 0.3 is 0 Å². The molecule has 0 radical (unpaired) electrons. The second-order valence-electron chi connectivity index (χ2n) is 3.68. The molecule has 1 aromatic carbocycles. The zero-order valence-corrected chi connectivity index (χ0v) is 9.93. The molecule has 80 valence electrons. The first kappa shape index (κ1) is 11.9. The van der Waals surface area contributed by atoms with Gasteiger partial charge in [0.15, 0.2) is 0 Å². The van der Waals surface area contributed by atoms with Gasteiger partial charge in [0, 0.05) is 5.56 Å². The Bertz CT molecular complexity index is 393. The number of halogens is 1. The lowest BCUT2D eigenvalue weighted by atomic mass is 9.99. The van der Waals surface area contributed by atoms with E-state index in [-0.39, 0.29) is 0 Å². The predicted octanol–water partition coefficient (Wildman–Crippen LogP) is 3.54. The number of methoxy groups -OCH3 is 1. The molecule has 0 aliphatic heterocycles. The Morgan fingerprint density at radius 1 is 1.47 bits per heavy atom. The van der Waals surface area contributed by atoms with E-state index in [1.165, 1.54) is 0 Å². The summed E-state index contributed by atoms with van der Waals surface area (Å²) in [6.45, 7) is 4.18. The van der Waals surface area contributed by atoms with Crippen molar-refractivity contribution in [3.05, 3.63) is 28.3 Å². The number of rotatable bonds is 3. The maximum Gasteiger partial charge on any atom is 0.141 e. The molecule has 3 heteroatoms. The van der Waals surface area contributed by atoms with Gasteiger partial charge in [-0.15, -0.1) is 0 Å². The Labute approximate surface area is 95.4 Å². The van der Waals surface area contributed by atoms with Gasteiger partial charge in [0.05, 0.1) is 24.6 Å². The molecule has 0 fully saturated rings. The second kappa shape index (κ2) is 5.04. The lowest BCUT2D eigenvalue weighted by Crippen LogP contribution is -1.96. The molecule has 1 rings (SSSR count). The van der Waals surface area contributed by atoms with Gasteiger partial charge in [-0.2, -0.15) is 5.26 Å². The van der Waals surface area contributed by atoms with Crippen molar-refractivity contribution in [2.45, 2.75) is 26.2 Å². The van der Waals surface area contributed by atoms with E-state index in [0.29, 0.717) is 23.1 Å². The second-order valence-corrected chi connectivity index (χ2v) is 4.09. The van der Waals surface area contributed by atoms with Crippen molar-refractivity contribution in [1.29, 1.82) is 5.26 Å². The van der Waals surface area contributed by atoms with Crippen LogP contribution in [0.1, 0.15) is 30.9 Å². The van der Waals surface area contributed by atoms with Crippen molar-refractivity contribution in [2.24, 2.45) is 0 Å². The largest absolute Gasteiger partial charge is 0.495 e. The van der Waals surface area contributed by atoms with Crippen LogP contribution in [-0.2, 0) is 6.42 Å². The molecule has 1 aromatic rings. The minimum Gasteiger partial charge on any atom is -0.495 e. The van der Waals surface area contributed by atoms with Crippen molar-refractivity contribution in [1.82, 2.24) is 0 Å². The topological polar surface area (TPSA) is 33.0 Å². The van der Waals surface area contributed by atoms with E-state index in [9.17, 15) is 0 Å². The third-order valence-corrected chi connectivity index (χ3v) is 2.56. The van der Waals surface area contributed by atoms with Crippen LogP contribution in [0.4, 0.5) is 0 Å². The molecule has 0 saturated carbocycles. The molecule has 0 heterocycles. The highest BCUT2D eigenvalue weighted by Gasteiger charge is 2.11. The Morgan fingerprint density at radius 2 is 2.13 bits per heavy atom. The number of ether oxygens (including phenoxy) is 1. The van der Waals surface area contributed by atoms with E-state index >= 15 is 0 Å². The molecule has 0 aliphatic carbocycles. The Hall–Kier alpha value is -1.20. The van der Waals surface area contributed by atoms with Crippen LogP contribution in [0.3, 0.4) is 0 Å². The van der Waals surface area contributed by atoms with E-state index in [1.54, 1.807) is 7.11 Å². The van der Waals surface area contributed by atoms with Crippen molar-refractivity contribution < 1.29 is 4.74 Å². The molecule has 0 atom stereocenters. The number of hydrogen-bond acceptors (Lipinski definition) is 2. The van der Waals surface area contributed by atoms with Gasteiger partial charge in [0.25, 0.3) is 0 Å². The first-order valence-electron chi connectivity index (χ1n) is 4.83. The van der Waals surface area contributed by atoms with E-state index in [1.807, 2.05) is 12.1 Å². The fraction of sp³-hybridized carbons (Fsp3) is 0.417. The van der Waals surface area contributed by atoms with Gasteiger partial charge in [0.2, 0.25) is 0 Å². The molecule has 0 bridgehead atoms. The maximum atomic E-state index is 8.71. The van der Waals surface area contributed by atoms with Crippen LogP contribution in [0.25, 0.3) is 0 Å². The SMILES string of the molecule is COc1c(Cl)cc(C(C)C)cc1CC#N. The highest BCUT2D eigenvalue weighted by atomic mass is 35.5. The zero-order chi connectivity index (χ0) is 11.4. The molecule has 0 N–H and O–H groups in total. The molecule has 0 spiro atoms. The third-order valence-electron chi connectivity index (χ3n) is 2.28. The van der Waals surface area contributed by atoms with Crippen molar-refractivity contribution in [3.63, 3.8) is 0 Å². The zero-order valence-electron chi connectivity index (χ0n) is 9.17. The molecular weight excluding hydrogens is 210 g/mol. The number of benzene rings is 1. The molecule has 15 heavy (non-hydrogen) atoms. The van der Waals surface area contributed by atoms with E-state index in [0.717, 1.165) is 11.1 Å². The summed E-state index contributed by atoms with van der Waals surface area (Å²) in [6.07, 6.45) is 0.323. The van der Waals surface area contributed by atoms with Gasteiger partial charge in [0.1, 0.15) is 5.75 Å². The van der Waals surface area contributed by atoms with Crippen LogP contribution in [0.2, 0.25) is 5.02 Å². The molecule has 0 aliphatic rings. The first-order valence-corrected chi connectivity index (χ1v) is 5.21. The fourth-order valence-electron chi connectivity index (χ4n) is 1.45. The molecule has 0 unspecified atom stereocenters. The summed E-state index contributed by atoms with van der Waals surface area (Å²) >= 11 is 6.08. The van der Waals surface area contributed by atoms with E-state index < -0.39 is 0 Å². The van der Waals surface area contributed by atoms with Crippen molar-refractivity contribution in [2.75, 3.05) is 7.11 Å². The number of nitriles is 1. The van der Waals surface area contributed by atoms with Gasteiger partial charge < -0.3 is 4.74 Å². The lowest BCUT2D eigenvalue weighted by molar-refractivity contribution is 0.411. The van der Waals surface area contributed by atoms with Gasteiger partial charge in [-0.25, -0.2) is 0 Å². The standard InChI is InChI=1S/C12H14ClNO/c1-8(2)10-6-9(4-5-14)12(15-3)11(13)7-10/h6-8H,4H2,1-3H3. The minimum atomic E-state index is 0.323. The van der Waals surface area contributed by atoms with Crippen LogP contribution in [0, 0.1) is 11.3 Å². The van der Waals surface area contributed by atoms with Crippen LogP contribution in [-0.4, -0.2) is 7.11 Å². The van der Waals surface area contributed by atoms with Crippen LogP contribution in [0.15, 0.2) is 12.1 Å². The quantitative estimate of drug-likeness (QED) is 0.785. The molecule has 0 saturated heterocycles. The first-order chi connectivity index (χ1) is 7.10. The Kier molecular flexibility index (Phi) is 3.99. The van der Waals surface area contributed by atoms with Gasteiger partial charge in [-0.05, 0) is 17.5 Å². The summed E-state index contributed by atoms with van der Waals surface area (Å²) in [5.41, 5.74) is 1.99. The van der Waals surface area contributed by atoms with Crippen LogP contribution in [0.5, 0.6) is 5.75 Å². The van der Waals surface area contributed by atoms with Crippen LogP contribution < -0.4 is 4.74 Å². The van der Waals surface area contributed by atoms with Gasteiger partial charge in [-0.1, -0.05) is 31.5 Å². The summed E-state index contributed by atoms with van der Waals surface area (Å²) in [4.78, 5) is 0. The molecular formula is C12H14ClNO. The normalized spacial score (nSPS) is 10.1. The summed E-state index contributed by atoms with van der Waals surface area (Å²) in [6, 6.07) is 5.99. The van der Waals surface area contributed by atoms with Crippen LogP contribution >= 0.6 is 11.6 Å². The summed E-state index contributed by atoms with van der Waals surface area (Å²) < 4.78 is 5.18.